The Morgan fingerprint density at radius 3 is 2.00 bits per heavy atom. The van der Waals surface area contributed by atoms with Crippen molar-refractivity contribution >= 4 is 23.2 Å². The molecule has 144 valence electrons. The van der Waals surface area contributed by atoms with Gasteiger partial charge < -0.3 is 14.4 Å². The summed E-state index contributed by atoms with van der Waals surface area (Å²) in [6, 6.07) is 24.7. The molecular formula is C23H22ClNO3. The Morgan fingerprint density at radius 1 is 0.857 bits per heavy atom. The van der Waals surface area contributed by atoms with Crippen LogP contribution in [-0.4, -0.2) is 18.4 Å². The van der Waals surface area contributed by atoms with Crippen molar-refractivity contribution in [3.63, 3.8) is 0 Å². The molecule has 0 bridgehead atoms. The van der Waals surface area contributed by atoms with E-state index in [4.69, 9.17) is 21.1 Å². The van der Waals surface area contributed by atoms with E-state index in [2.05, 4.69) is 0 Å². The number of hydrogen-bond acceptors (Lipinski definition) is 3. The molecule has 3 aromatic rings. The van der Waals surface area contributed by atoms with Gasteiger partial charge in [0, 0.05) is 5.69 Å². The minimum atomic E-state index is -0.147. The number of hydrogen-bond donors (Lipinski definition) is 0. The molecule has 3 aromatic carbocycles. The monoisotopic (exact) mass is 395 g/mol. The van der Waals surface area contributed by atoms with Crippen LogP contribution in [0.1, 0.15) is 12.5 Å². The van der Waals surface area contributed by atoms with Gasteiger partial charge in [-0.1, -0.05) is 30.3 Å². The quantitative estimate of drug-likeness (QED) is 0.462. The third kappa shape index (κ3) is 5.27. The lowest BCUT2D eigenvalue weighted by atomic mass is 10.2. The van der Waals surface area contributed by atoms with Crippen LogP contribution in [-0.2, 0) is 11.3 Å². The first-order valence-electron chi connectivity index (χ1n) is 9.10. The van der Waals surface area contributed by atoms with Crippen molar-refractivity contribution in [3.05, 3.63) is 84.4 Å². The van der Waals surface area contributed by atoms with Crippen LogP contribution in [0.15, 0.2) is 78.9 Å². The summed E-state index contributed by atoms with van der Waals surface area (Å²) < 4.78 is 11.3. The van der Waals surface area contributed by atoms with Gasteiger partial charge >= 0.3 is 0 Å². The van der Waals surface area contributed by atoms with Crippen LogP contribution < -0.4 is 14.4 Å². The molecule has 0 radical (unpaired) electrons. The van der Waals surface area contributed by atoms with E-state index in [1.807, 2.05) is 85.8 Å². The van der Waals surface area contributed by atoms with Crippen LogP contribution in [0.25, 0.3) is 0 Å². The van der Waals surface area contributed by atoms with E-state index in [9.17, 15) is 4.79 Å². The third-order valence-corrected chi connectivity index (χ3v) is 4.35. The minimum absolute atomic E-state index is 0.0722. The van der Waals surface area contributed by atoms with E-state index in [1.54, 1.807) is 4.90 Å². The molecule has 0 atom stereocenters. The molecule has 0 aliphatic carbocycles. The van der Waals surface area contributed by atoms with Crippen molar-refractivity contribution < 1.29 is 14.3 Å². The molecule has 4 nitrogen and oxygen atoms in total. The molecule has 0 spiro atoms. The summed E-state index contributed by atoms with van der Waals surface area (Å²) in [5.41, 5.74) is 1.81. The maximum Gasteiger partial charge on any atom is 0.242 e. The first-order chi connectivity index (χ1) is 13.7. The van der Waals surface area contributed by atoms with Crippen LogP contribution in [0.5, 0.6) is 17.2 Å². The van der Waals surface area contributed by atoms with E-state index in [1.165, 1.54) is 0 Å². The van der Waals surface area contributed by atoms with E-state index in [0.29, 0.717) is 24.7 Å². The largest absolute Gasteiger partial charge is 0.494 e. The molecule has 0 heterocycles. The Bertz CT molecular complexity index is 880. The predicted octanol–water partition coefficient (Wildman–Crippen LogP) is 5.65. The summed E-state index contributed by atoms with van der Waals surface area (Å²) in [4.78, 5) is 14.0. The lowest BCUT2D eigenvalue weighted by Crippen LogP contribution is -2.31. The van der Waals surface area contributed by atoms with Gasteiger partial charge in [0.2, 0.25) is 5.91 Å². The zero-order valence-corrected chi connectivity index (χ0v) is 16.4. The topological polar surface area (TPSA) is 38.8 Å². The first kappa shape index (κ1) is 19.8. The second kappa shape index (κ2) is 9.81. The highest BCUT2D eigenvalue weighted by Crippen LogP contribution is 2.27. The predicted molar refractivity (Wildman–Crippen MR) is 112 cm³/mol. The summed E-state index contributed by atoms with van der Waals surface area (Å²) in [7, 11) is 0. The Kier molecular flexibility index (Phi) is 6.93. The molecule has 1 amide bonds. The third-order valence-electron chi connectivity index (χ3n) is 4.12. The number of benzene rings is 3. The van der Waals surface area contributed by atoms with Crippen molar-refractivity contribution in [1.29, 1.82) is 0 Å². The highest BCUT2D eigenvalue weighted by Gasteiger charge is 2.15. The Balaban J connectivity index is 1.72. The number of nitrogens with zero attached hydrogens (tertiary/aromatic N) is 1. The minimum Gasteiger partial charge on any atom is -0.494 e. The summed E-state index contributed by atoms with van der Waals surface area (Å²) >= 11 is 5.81. The lowest BCUT2D eigenvalue weighted by Gasteiger charge is -2.22. The van der Waals surface area contributed by atoms with Crippen LogP contribution in [0.3, 0.4) is 0 Å². The zero-order valence-electron chi connectivity index (χ0n) is 15.7. The van der Waals surface area contributed by atoms with Crippen LogP contribution in [0, 0.1) is 0 Å². The first-order valence-corrected chi connectivity index (χ1v) is 9.64. The molecule has 0 N–H and O–H groups in total. The van der Waals surface area contributed by atoms with Gasteiger partial charge in [-0.2, -0.15) is 0 Å². The van der Waals surface area contributed by atoms with E-state index < -0.39 is 0 Å². The van der Waals surface area contributed by atoms with Gasteiger partial charge in [0.25, 0.3) is 0 Å². The van der Waals surface area contributed by atoms with Crippen LogP contribution >= 0.6 is 11.6 Å². The molecule has 0 saturated heterocycles. The Morgan fingerprint density at radius 2 is 1.43 bits per heavy atom. The summed E-state index contributed by atoms with van der Waals surface area (Å²) in [5, 5.41) is 0. The highest BCUT2D eigenvalue weighted by molar-refractivity contribution is 6.29. The number of alkyl halides is 1. The van der Waals surface area contributed by atoms with Gasteiger partial charge in [-0.05, 0) is 61.0 Å². The van der Waals surface area contributed by atoms with Gasteiger partial charge in [0.15, 0.2) is 0 Å². The highest BCUT2D eigenvalue weighted by atomic mass is 35.5. The molecule has 0 aliphatic heterocycles. The number of anilines is 1. The number of carbonyl (C=O) groups excluding carboxylic acids is 1. The SMILES string of the molecule is CCOc1ccc(Oc2ccc(N(Cc3ccccc3)C(=O)CCl)cc2)cc1. The van der Waals surface area contributed by atoms with Crippen molar-refractivity contribution in [3.8, 4) is 17.2 Å². The van der Waals surface area contributed by atoms with Gasteiger partial charge in [0.05, 0.1) is 13.2 Å². The second-order valence-corrected chi connectivity index (χ2v) is 6.37. The summed E-state index contributed by atoms with van der Waals surface area (Å²) in [6.07, 6.45) is 0. The second-order valence-electron chi connectivity index (χ2n) is 6.10. The molecular weight excluding hydrogens is 374 g/mol. The molecule has 0 unspecified atom stereocenters. The maximum atomic E-state index is 12.3. The molecule has 5 heteroatoms. The number of ether oxygens (including phenoxy) is 2. The normalized spacial score (nSPS) is 10.4. The average molecular weight is 396 g/mol. The van der Waals surface area contributed by atoms with Crippen molar-refractivity contribution in [1.82, 2.24) is 0 Å². The number of amides is 1. The summed E-state index contributed by atoms with van der Waals surface area (Å²) in [6.45, 7) is 3.04. The smallest absolute Gasteiger partial charge is 0.242 e. The number of carbonyl (C=O) groups is 1. The standard InChI is InChI=1S/C23H22ClNO3/c1-2-27-20-12-14-22(15-13-20)28-21-10-8-19(9-11-21)25(23(26)16-24)17-18-6-4-3-5-7-18/h3-15H,2,16-17H2,1H3. The maximum absolute atomic E-state index is 12.3. The molecule has 3 rings (SSSR count). The molecule has 0 saturated carbocycles. The fourth-order valence-corrected chi connectivity index (χ4v) is 2.91. The molecule has 0 fully saturated rings. The van der Waals surface area contributed by atoms with Crippen molar-refractivity contribution in [2.24, 2.45) is 0 Å². The summed E-state index contributed by atoms with van der Waals surface area (Å²) in [5.74, 6) is 1.99. The van der Waals surface area contributed by atoms with Crippen molar-refractivity contribution in [2.45, 2.75) is 13.5 Å². The average Bonchev–Trinajstić information content (AvgIpc) is 2.74. The van der Waals surface area contributed by atoms with Gasteiger partial charge in [-0.3, -0.25) is 4.79 Å². The van der Waals surface area contributed by atoms with Gasteiger partial charge in [0.1, 0.15) is 23.1 Å². The molecule has 0 aromatic heterocycles. The Labute approximate surface area is 170 Å². The van der Waals surface area contributed by atoms with Gasteiger partial charge in [-0.25, -0.2) is 0 Å². The van der Waals surface area contributed by atoms with E-state index >= 15 is 0 Å². The van der Waals surface area contributed by atoms with E-state index in [0.717, 1.165) is 17.0 Å². The lowest BCUT2D eigenvalue weighted by molar-refractivity contribution is -0.116. The Hall–Kier alpha value is -2.98. The van der Waals surface area contributed by atoms with Crippen LogP contribution in [0.4, 0.5) is 5.69 Å². The van der Waals surface area contributed by atoms with E-state index in [-0.39, 0.29) is 11.8 Å². The fraction of sp³-hybridized carbons (Fsp3) is 0.174. The molecule has 0 aliphatic rings. The van der Waals surface area contributed by atoms with Gasteiger partial charge in [-0.15, -0.1) is 11.6 Å². The molecule has 28 heavy (non-hydrogen) atoms. The van der Waals surface area contributed by atoms with Crippen LogP contribution in [0.2, 0.25) is 0 Å². The van der Waals surface area contributed by atoms with Crippen molar-refractivity contribution in [2.75, 3.05) is 17.4 Å². The number of halogens is 1. The zero-order chi connectivity index (χ0) is 19.8. The number of rotatable bonds is 8. The fourth-order valence-electron chi connectivity index (χ4n) is 2.76.